The number of hydrogen-bond donors (Lipinski definition) is 0. The quantitative estimate of drug-likeness (QED) is 0.419. The highest BCUT2D eigenvalue weighted by molar-refractivity contribution is 6.25. The molecule has 0 spiro atoms. The van der Waals surface area contributed by atoms with Gasteiger partial charge in [-0.1, -0.05) is 53.8 Å². The second-order valence-electron chi connectivity index (χ2n) is 9.36. The van der Waals surface area contributed by atoms with Crippen molar-refractivity contribution in [1.82, 2.24) is 10.0 Å². The van der Waals surface area contributed by atoms with Gasteiger partial charge in [0.25, 0.3) is 17.7 Å². The Labute approximate surface area is 227 Å². The van der Waals surface area contributed by atoms with Gasteiger partial charge in [0.1, 0.15) is 12.3 Å². The minimum absolute atomic E-state index is 0.0131. The first-order valence-electron chi connectivity index (χ1n) is 12.5. The van der Waals surface area contributed by atoms with Crippen molar-refractivity contribution in [2.24, 2.45) is 15.4 Å². The molecule has 6 rings (SSSR count). The van der Waals surface area contributed by atoms with E-state index in [0.29, 0.717) is 23.4 Å². The molecule has 0 saturated carbocycles. The maximum absolute atomic E-state index is 13.6. The Bertz CT molecular complexity index is 1500. The molecule has 0 unspecified atom stereocenters. The predicted octanol–water partition coefficient (Wildman–Crippen LogP) is 3.96. The molecule has 3 aliphatic rings. The molecule has 0 radical (unpaired) electrons. The van der Waals surface area contributed by atoms with Gasteiger partial charge in [-0.15, -0.1) is 0 Å². The average Bonchev–Trinajstić information content (AvgIpc) is 3.65. The summed E-state index contributed by atoms with van der Waals surface area (Å²) >= 11 is 0. The van der Waals surface area contributed by atoms with E-state index in [4.69, 9.17) is 0 Å². The van der Waals surface area contributed by atoms with Crippen LogP contribution < -0.4 is 9.64 Å². The lowest BCUT2D eigenvalue weighted by atomic mass is 9.98. The van der Waals surface area contributed by atoms with Crippen molar-refractivity contribution >= 4 is 29.1 Å². The van der Waals surface area contributed by atoms with Crippen LogP contribution in [0.2, 0.25) is 0 Å². The van der Waals surface area contributed by atoms with Gasteiger partial charge in [-0.25, -0.2) is 9.91 Å². The second kappa shape index (κ2) is 10.3. The summed E-state index contributed by atoms with van der Waals surface area (Å²) in [6, 6.07) is 21.4. The molecular weight excluding hydrogens is 522 g/mol. The summed E-state index contributed by atoms with van der Waals surface area (Å²) in [5.41, 5.74) is 2.50. The SMILES string of the molecule is O=C1[C@H]2N=NN(CC(=O)N3N=C(c4ccc(OC(F)F)cc4)C[C@H]3c3ccccc3)[C@@H]2C(=O)N1c1ccccc1. The molecule has 3 amide bonds. The topological polar surface area (TPSA) is 107 Å². The largest absolute Gasteiger partial charge is 0.435 e. The zero-order chi connectivity index (χ0) is 27.8. The molecule has 0 bridgehead atoms. The number of benzene rings is 3. The molecule has 3 aliphatic heterocycles. The Morgan fingerprint density at radius 2 is 1.60 bits per heavy atom. The first-order chi connectivity index (χ1) is 19.4. The van der Waals surface area contributed by atoms with Gasteiger partial charge in [-0.3, -0.25) is 19.4 Å². The van der Waals surface area contributed by atoms with E-state index in [1.54, 1.807) is 42.5 Å². The number of imide groups is 1. The molecule has 1 saturated heterocycles. The summed E-state index contributed by atoms with van der Waals surface area (Å²) in [6.45, 7) is -3.26. The van der Waals surface area contributed by atoms with Crippen LogP contribution in [0.25, 0.3) is 0 Å². The van der Waals surface area contributed by atoms with Gasteiger partial charge >= 0.3 is 6.61 Å². The zero-order valence-corrected chi connectivity index (χ0v) is 20.9. The highest BCUT2D eigenvalue weighted by atomic mass is 19.3. The van der Waals surface area contributed by atoms with Crippen molar-refractivity contribution < 1.29 is 27.9 Å². The van der Waals surface area contributed by atoms with Crippen molar-refractivity contribution in [1.29, 1.82) is 0 Å². The molecular formula is C28H22F2N6O4. The third-order valence-corrected chi connectivity index (χ3v) is 6.93. The first kappa shape index (κ1) is 25.3. The number of fused-ring (bicyclic) bond motifs is 1. The number of alkyl halides is 2. The van der Waals surface area contributed by atoms with Gasteiger partial charge in [0, 0.05) is 6.42 Å². The predicted molar refractivity (Wildman–Crippen MR) is 138 cm³/mol. The number of amides is 3. The summed E-state index contributed by atoms with van der Waals surface area (Å²) in [5.74, 6) is -1.43. The number of halogens is 2. The number of rotatable bonds is 7. The fourth-order valence-corrected chi connectivity index (χ4v) is 5.07. The Hall–Kier alpha value is -5.00. The van der Waals surface area contributed by atoms with Crippen LogP contribution in [0, 0.1) is 0 Å². The third-order valence-electron chi connectivity index (χ3n) is 6.93. The van der Waals surface area contributed by atoms with Crippen LogP contribution in [0.1, 0.15) is 23.6 Å². The van der Waals surface area contributed by atoms with Gasteiger partial charge in [0.05, 0.1) is 17.4 Å². The zero-order valence-electron chi connectivity index (χ0n) is 20.9. The minimum atomic E-state index is -2.94. The van der Waals surface area contributed by atoms with Crippen LogP contribution in [0.15, 0.2) is 100 Å². The molecule has 1 fully saturated rings. The van der Waals surface area contributed by atoms with Crippen molar-refractivity contribution in [2.45, 2.75) is 31.2 Å². The number of hydrogen-bond acceptors (Lipinski definition) is 8. The Morgan fingerprint density at radius 1 is 0.925 bits per heavy atom. The number of hydrazone groups is 1. The lowest BCUT2D eigenvalue weighted by Gasteiger charge is -2.25. The number of anilines is 1. The lowest BCUT2D eigenvalue weighted by Crippen LogP contribution is -2.44. The number of nitrogens with zero attached hydrogens (tertiary/aromatic N) is 6. The van der Waals surface area contributed by atoms with Crippen molar-refractivity contribution in [3.63, 3.8) is 0 Å². The van der Waals surface area contributed by atoms with E-state index >= 15 is 0 Å². The monoisotopic (exact) mass is 544 g/mol. The summed E-state index contributed by atoms with van der Waals surface area (Å²) in [6.07, 6.45) is 0.373. The van der Waals surface area contributed by atoms with Crippen LogP contribution in [0.4, 0.5) is 14.5 Å². The molecule has 202 valence electrons. The van der Waals surface area contributed by atoms with Gasteiger partial charge in [-0.05, 0) is 47.5 Å². The molecule has 3 aromatic rings. The molecule has 40 heavy (non-hydrogen) atoms. The Balaban J connectivity index is 1.24. The van der Waals surface area contributed by atoms with Gasteiger partial charge < -0.3 is 4.74 Å². The normalized spacial score (nSPS) is 21.8. The van der Waals surface area contributed by atoms with Gasteiger partial charge in [-0.2, -0.15) is 19.0 Å². The summed E-state index contributed by atoms with van der Waals surface area (Å²) in [5, 5.41) is 15.1. The smallest absolute Gasteiger partial charge is 0.387 e. The summed E-state index contributed by atoms with van der Waals surface area (Å²) in [4.78, 5) is 40.9. The number of ether oxygens (including phenoxy) is 1. The van der Waals surface area contributed by atoms with E-state index in [2.05, 4.69) is 20.2 Å². The summed E-state index contributed by atoms with van der Waals surface area (Å²) < 4.78 is 29.5. The highest BCUT2D eigenvalue weighted by Gasteiger charge is 2.55. The molecule has 12 heteroatoms. The van der Waals surface area contributed by atoms with E-state index in [1.807, 2.05) is 30.3 Å². The third kappa shape index (κ3) is 4.57. The van der Waals surface area contributed by atoms with E-state index < -0.39 is 42.5 Å². The highest BCUT2D eigenvalue weighted by Crippen LogP contribution is 2.35. The summed E-state index contributed by atoms with van der Waals surface area (Å²) in [7, 11) is 0. The first-order valence-corrected chi connectivity index (χ1v) is 12.5. The lowest BCUT2D eigenvalue weighted by molar-refractivity contribution is -0.135. The number of para-hydroxylation sites is 1. The number of carbonyl (C=O) groups excluding carboxylic acids is 3. The van der Waals surface area contributed by atoms with Gasteiger partial charge in [0.15, 0.2) is 12.1 Å². The molecule has 0 aromatic heterocycles. The van der Waals surface area contributed by atoms with Crippen molar-refractivity contribution in [2.75, 3.05) is 11.4 Å². The molecule has 0 N–H and O–H groups in total. The van der Waals surface area contributed by atoms with Crippen LogP contribution in [0.5, 0.6) is 5.75 Å². The maximum Gasteiger partial charge on any atom is 0.387 e. The molecule has 10 nitrogen and oxygen atoms in total. The fraction of sp³-hybridized carbons (Fsp3) is 0.214. The minimum Gasteiger partial charge on any atom is -0.435 e. The van der Waals surface area contributed by atoms with Crippen LogP contribution in [-0.2, 0) is 14.4 Å². The van der Waals surface area contributed by atoms with E-state index in [1.165, 1.54) is 22.2 Å². The van der Waals surface area contributed by atoms with E-state index in [9.17, 15) is 23.2 Å². The van der Waals surface area contributed by atoms with Crippen molar-refractivity contribution in [3.05, 3.63) is 96.1 Å². The molecule has 0 aliphatic carbocycles. The number of carbonyl (C=O) groups is 3. The maximum atomic E-state index is 13.6. The van der Waals surface area contributed by atoms with Crippen LogP contribution >= 0.6 is 0 Å². The molecule has 3 heterocycles. The van der Waals surface area contributed by atoms with Crippen molar-refractivity contribution in [3.8, 4) is 5.75 Å². The molecule has 3 aromatic carbocycles. The van der Waals surface area contributed by atoms with Gasteiger partial charge in [0.2, 0.25) is 0 Å². The standard InChI is InChI=1S/C28H22F2N6O4/c29-28(30)40-20-13-11-17(12-14-20)21-15-22(18-7-3-1-4-8-18)36(32-21)23(37)16-34-25-24(31-33-34)26(38)35(27(25)39)19-9-5-2-6-10-19/h1-14,22,24-25,28H,15-16H2/t22-,24-,25-/m0/s1. The van der Waals surface area contributed by atoms with E-state index in [0.717, 1.165) is 10.5 Å². The fourth-order valence-electron chi connectivity index (χ4n) is 5.07. The van der Waals surface area contributed by atoms with E-state index in [-0.39, 0.29) is 12.3 Å². The molecule has 3 atom stereocenters. The Kier molecular flexibility index (Phi) is 6.50. The average molecular weight is 545 g/mol. The Morgan fingerprint density at radius 3 is 2.27 bits per heavy atom. The second-order valence-corrected chi connectivity index (χ2v) is 9.36. The van der Waals surface area contributed by atoms with Crippen LogP contribution in [0.3, 0.4) is 0 Å². The van der Waals surface area contributed by atoms with Crippen LogP contribution in [-0.4, -0.2) is 58.7 Å².